The quantitative estimate of drug-likeness (QED) is 0.793. The van der Waals surface area contributed by atoms with Crippen molar-refractivity contribution in [2.45, 2.75) is 19.4 Å². The fourth-order valence-electron chi connectivity index (χ4n) is 2.36. The number of nitrogens with two attached hydrogens (primary N) is 1. The van der Waals surface area contributed by atoms with E-state index in [4.69, 9.17) is 10.5 Å². The van der Waals surface area contributed by atoms with Crippen molar-refractivity contribution >= 4 is 5.91 Å². The number of allylic oxidation sites excluding steroid dienone is 1. The smallest absolute Gasteiger partial charge is 0.221 e. The van der Waals surface area contributed by atoms with E-state index in [9.17, 15) is 4.79 Å². The minimum Gasteiger partial charge on any atom is -0.489 e. The third kappa shape index (κ3) is 3.98. The van der Waals surface area contributed by atoms with Crippen LogP contribution in [0.2, 0.25) is 0 Å². The van der Waals surface area contributed by atoms with Crippen LogP contribution in [0.5, 0.6) is 5.75 Å². The molecule has 0 aliphatic carbocycles. The van der Waals surface area contributed by atoms with E-state index in [0.717, 1.165) is 16.9 Å². The molecular formula is C19H21NO2. The van der Waals surface area contributed by atoms with Crippen LogP contribution in [0.1, 0.15) is 24.0 Å². The average Bonchev–Trinajstić information content (AvgIpc) is 2.55. The first-order chi connectivity index (χ1) is 10.6. The zero-order valence-corrected chi connectivity index (χ0v) is 12.7. The van der Waals surface area contributed by atoms with E-state index in [2.05, 4.69) is 6.58 Å². The molecule has 0 saturated heterocycles. The second-order valence-corrected chi connectivity index (χ2v) is 5.30. The van der Waals surface area contributed by atoms with Crippen LogP contribution in [-0.2, 0) is 11.4 Å². The summed E-state index contributed by atoms with van der Waals surface area (Å²) in [7, 11) is 0. The summed E-state index contributed by atoms with van der Waals surface area (Å²) < 4.78 is 5.82. The van der Waals surface area contributed by atoms with Gasteiger partial charge in [0.15, 0.2) is 0 Å². The van der Waals surface area contributed by atoms with Crippen LogP contribution < -0.4 is 10.5 Å². The van der Waals surface area contributed by atoms with Gasteiger partial charge in [-0.15, -0.1) is 6.58 Å². The second-order valence-electron chi connectivity index (χ2n) is 5.30. The Kier molecular flexibility index (Phi) is 5.37. The highest BCUT2D eigenvalue weighted by Gasteiger charge is 2.21. The van der Waals surface area contributed by atoms with Crippen LogP contribution in [-0.4, -0.2) is 5.91 Å². The lowest BCUT2D eigenvalue weighted by atomic mass is 9.87. The molecule has 2 aromatic rings. The fraction of sp³-hybridized carbons (Fsp3) is 0.211. The number of hydrogen-bond donors (Lipinski definition) is 1. The molecular weight excluding hydrogens is 274 g/mol. The number of rotatable bonds is 7. The van der Waals surface area contributed by atoms with Crippen molar-refractivity contribution in [3.8, 4) is 5.75 Å². The van der Waals surface area contributed by atoms with Crippen molar-refractivity contribution < 1.29 is 9.53 Å². The zero-order valence-electron chi connectivity index (χ0n) is 12.7. The summed E-state index contributed by atoms with van der Waals surface area (Å²) in [6.45, 7) is 6.14. The van der Waals surface area contributed by atoms with Crippen LogP contribution in [0, 0.1) is 5.92 Å². The molecule has 0 aliphatic rings. The Morgan fingerprint density at radius 2 is 1.95 bits per heavy atom. The SMILES string of the molecule is C=CC(c1cccc(OCc2ccccc2)c1)C(C)C(N)=O. The van der Waals surface area contributed by atoms with E-state index in [1.165, 1.54) is 0 Å². The van der Waals surface area contributed by atoms with Gasteiger partial charge in [-0.2, -0.15) is 0 Å². The average molecular weight is 295 g/mol. The minimum atomic E-state index is -0.333. The molecule has 0 saturated carbocycles. The Morgan fingerprint density at radius 1 is 1.23 bits per heavy atom. The van der Waals surface area contributed by atoms with Gasteiger partial charge in [-0.3, -0.25) is 4.79 Å². The topological polar surface area (TPSA) is 52.3 Å². The van der Waals surface area contributed by atoms with Crippen molar-refractivity contribution in [1.29, 1.82) is 0 Å². The summed E-state index contributed by atoms with van der Waals surface area (Å²) in [6.07, 6.45) is 1.76. The predicted molar refractivity (Wildman–Crippen MR) is 88.5 cm³/mol. The van der Waals surface area contributed by atoms with Gasteiger partial charge in [0.1, 0.15) is 12.4 Å². The summed E-state index contributed by atoms with van der Waals surface area (Å²) in [5, 5.41) is 0. The van der Waals surface area contributed by atoms with E-state index in [1.807, 2.05) is 61.5 Å². The molecule has 0 aromatic heterocycles. The molecule has 2 aromatic carbocycles. The Labute approximate surface area is 131 Å². The maximum absolute atomic E-state index is 11.4. The normalized spacial score (nSPS) is 13.1. The monoisotopic (exact) mass is 295 g/mol. The molecule has 2 atom stereocenters. The summed E-state index contributed by atoms with van der Waals surface area (Å²) in [5.74, 6) is 0.0185. The molecule has 0 fully saturated rings. The van der Waals surface area contributed by atoms with Crippen molar-refractivity contribution in [2.24, 2.45) is 11.7 Å². The summed E-state index contributed by atoms with van der Waals surface area (Å²) >= 11 is 0. The van der Waals surface area contributed by atoms with Crippen LogP contribution in [0.25, 0.3) is 0 Å². The van der Waals surface area contributed by atoms with Crippen molar-refractivity contribution in [2.75, 3.05) is 0 Å². The number of carbonyl (C=O) groups is 1. The van der Waals surface area contributed by atoms with Crippen LogP contribution in [0.15, 0.2) is 67.3 Å². The van der Waals surface area contributed by atoms with Gasteiger partial charge < -0.3 is 10.5 Å². The van der Waals surface area contributed by atoms with Crippen molar-refractivity contribution in [1.82, 2.24) is 0 Å². The highest BCUT2D eigenvalue weighted by Crippen LogP contribution is 2.28. The molecule has 0 radical (unpaired) electrons. The maximum atomic E-state index is 11.4. The molecule has 0 bridgehead atoms. The summed E-state index contributed by atoms with van der Waals surface area (Å²) in [5.41, 5.74) is 7.49. The molecule has 22 heavy (non-hydrogen) atoms. The van der Waals surface area contributed by atoms with E-state index in [-0.39, 0.29) is 17.7 Å². The molecule has 3 heteroatoms. The van der Waals surface area contributed by atoms with Crippen molar-refractivity contribution in [3.63, 3.8) is 0 Å². The lowest BCUT2D eigenvalue weighted by molar-refractivity contribution is -0.121. The van der Waals surface area contributed by atoms with Gasteiger partial charge in [0.25, 0.3) is 0 Å². The Hall–Kier alpha value is -2.55. The van der Waals surface area contributed by atoms with Gasteiger partial charge in [-0.05, 0) is 23.3 Å². The zero-order chi connectivity index (χ0) is 15.9. The highest BCUT2D eigenvalue weighted by atomic mass is 16.5. The van der Waals surface area contributed by atoms with Gasteiger partial charge in [0.2, 0.25) is 5.91 Å². The lowest BCUT2D eigenvalue weighted by Crippen LogP contribution is -2.25. The number of primary amides is 1. The molecule has 1 amide bonds. The molecule has 2 N–H and O–H groups in total. The lowest BCUT2D eigenvalue weighted by Gasteiger charge is -2.19. The summed E-state index contributed by atoms with van der Waals surface area (Å²) in [6, 6.07) is 17.7. The largest absolute Gasteiger partial charge is 0.489 e. The van der Waals surface area contributed by atoms with Crippen molar-refractivity contribution in [3.05, 3.63) is 78.4 Å². The third-order valence-electron chi connectivity index (χ3n) is 3.73. The van der Waals surface area contributed by atoms with Crippen LogP contribution in [0.4, 0.5) is 0 Å². The standard InChI is InChI=1S/C19H21NO2/c1-3-18(14(2)19(20)21)16-10-7-11-17(12-16)22-13-15-8-5-4-6-9-15/h3-12,14,18H,1,13H2,2H3,(H2,20,21). The molecule has 114 valence electrons. The highest BCUT2D eigenvalue weighted by molar-refractivity contribution is 5.77. The molecule has 0 heterocycles. The fourth-order valence-corrected chi connectivity index (χ4v) is 2.36. The van der Waals surface area contributed by atoms with E-state index in [0.29, 0.717) is 6.61 Å². The number of benzene rings is 2. The van der Waals surface area contributed by atoms with Crippen LogP contribution in [0.3, 0.4) is 0 Å². The first kappa shape index (κ1) is 15.8. The molecule has 0 aliphatic heterocycles. The third-order valence-corrected chi connectivity index (χ3v) is 3.73. The van der Waals surface area contributed by atoms with Gasteiger partial charge in [-0.1, -0.05) is 55.5 Å². The summed E-state index contributed by atoms with van der Waals surface area (Å²) in [4.78, 5) is 11.4. The Bertz CT molecular complexity index is 637. The number of hydrogen-bond acceptors (Lipinski definition) is 2. The van der Waals surface area contributed by atoms with Crippen LogP contribution >= 0.6 is 0 Å². The van der Waals surface area contributed by atoms with Gasteiger partial charge in [0.05, 0.1) is 0 Å². The Morgan fingerprint density at radius 3 is 2.59 bits per heavy atom. The molecule has 3 nitrogen and oxygen atoms in total. The number of ether oxygens (including phenoxy) is 1. The first-order valence-electron chi connectivity index (χ1n) is 7.30. The number of carbonyl (C=O) groups excluding carboxylic acids is 1. The first-order valence-corrected chi connectivity index (χ1v) is 7.30. The van der Waals surface area contributed by atoms with E-state index in [1.54, 1.807) is 6.08 Å². The van der Waals surface area contributed by atoms with Gasteiger partial charge >= 0.3 is 0 Å². The predicted octanol–water partition coefficient (Wildman–Crippen LogP) is 3.66. The number of amides is 1. The van der Waals surface area contributed by atoms with Gasteiger partial charge in [0, 0.05) is 11.8 Å². The van der Waals surface area contributed by atoms with E-state index >= 15 is 0 Å². The molecule has 0 spiro atoms. The minimum absolute atomic E-state index is 0.113. The maximum Gasteiger partial charge on any atom is 0.221 e. The second kappa shape index (κ2) is 7.46. The van der Waals surface area contributed by atoms with Gasteiger partial charge in [-0.25, -0.2) is 0 Å². The molecule has 2 rings (SSSR count). The molecule has 2 unspecified atom stereocenters. The van der Waals surface area contributed by atoms with E-state index < -0.39 is 0 Å². The Balaban J connectivity index is 2.12.